The minimum Gasteiger partial charge on any atom is -0.389 e. The van der Waals surface area contributed by atoms with Gasteiger partial charge in [0.2, 0.25) is 0 Å². The maximum absolute atomic E-state index is 9.34. The minimum atomic E-state index is -0.569. The van der Waals surface area contributed by atoms with Gasteiger partial charge in [0.15, 0.2) is 0 Å². The van der Waals surface area contributed by atoms with Crippen molar-refractivity contribution in [2.45, 2.75) is 37.8 Å². The highest BCUT2D eigenvalue weighted by Crippen LogP contribution is 2.27. The van der Waals surface area contributed by atoms with Crippen molar-refractivity contribution in [2.24, 2.45) is 5.73 Å². The number of nitrogens with two attached hydrogens (primary N) is 1. The van der Waals surface area contributed by atoms with Gasteiger partial charge in [-0.05, 0) is 26.2 Å². The van der Waals surface area contributed by atoms with Crippen LogP contribution in [0.4, 0.5) is 0 Å². The Hall–Kier alpha value is 0.210. The van der Waals surface area contributed by atoms with E-state index in [2.05, 4.69) is 0 Å². The molecule has 1 fully saturated rings. The molecule has 0 heterocycles. The van der Waals surface area contributed by atoms with Crippen LogP contribution in [0.3, 0.4) is 0 Å². The van der Waals surface area contributed by atoms with E-state index in [1.807, 2.05) is 6.92 Å². The summed E-state index contributed by atoms with van der Waals surface area (Å²) < 4.78 is 0. The van der Waals surface area contributed by atoms with E-state index in [0.717, 1.165) is 19.3 Å². The maximum atomic E-state index is 9.34. The average molecular weight is 152 g/mol. The third-order valence-corrected chi connectivity index (χ3v) is 2.00. The van der Waals surface area contributed by atoms with Gasteiger partial charge in [-0.3, -0.25) is 0 Å². The van der Waals surface area contributed by atoms with E-state index in [-0.39, 0.29) is 18.4 Å². The van der Waals surface area contributed by atoms with Gasteiger partial charge >= 0.3 is 0 Å². The lowest BCUT2D eigenvalue weighted by Gasteiger charge is -2.20. The fraction of sp³-hybridized carbons (Fsp3) is 1.00. The average Bonchev–Trinajstić information content (AvgIpc) is 1.86. The smallest absolute Gasteiger partial charge is 0.0769 e. The molecule has 0 bridgehead atoms. The first-order chi connectivity index (χ1) is 3.63. The summed E-state index contributed by atoms with van der Waals surface area (Å²) in [6.45, 7) is 1.81. The van der Waals surface area contributed by atoms with Crippen molar-refractivity contribution in [2.75, 3.05) is 0 Å². The topological polar surface area (TPSA) is 46.2 Å². The number of hydrogen-bond acceptors (Lipinski definition) is 2. The normalized spacial score (nSPS) is 42.3. The predicted molar refractivity (Wildman–Crippen MR) is 39.7 cm³/mol. The second-order valence-corrected chi connectivity index (χ2v) is 2.86. The van der Waals surface area contributed by atoms with Gasteiger partial charge in [-0.25, -0.2) is 0 Å². The van der Waals surface area contributed by atoms with Gasteiger partial charge in [0, 0.05) is 6.04 Å². The van der Waals surface area contributed by atoms with Crippen molar-refractivity contribution in [1.29, 1.82) is 0 Å². The molecule has 2 atom stereocenters. The lowest BCUT2D eigenvalue weighted by atomic mass is 10.0. The molecule has 1 saturated carbocycles. The Kier molecular flexibility index (Phi) is 2.93. The summed E-state index contributed by atoms with van der Waals surface area (Å²) >= 11 is 0. The van der Waals surface area contributed by atoms with Gasteiger partial charge < -0.3 is 10.8 Å². The standard InChI is InChI=1S/C6H13NO.ClH/c1-6(8)4-2-3-5(6)7;/h5,8H,2-4,7H2,1H3;1H/t5-,6-;/m0./s1. The van der Waals surface area contributed by atoms with Crippen LogP contribution >= 0.6 is 12.4 Å². The summed E-state index contributed by atoms with van der Waals surface area (Å²) in [5, 5.41) is 9.34. The van der Waals surface area contributed by atoms with Gasteiger partial charge in [-0.15, -0.1) is 12.4 Å². The molecule has 9 heavy (non-hydrogen) atoms. The van der Waals surface area contributed by atoms with Gasteiger partial charge in [-0.2, -0.15) is 0 Å². The van der Waals surface area contributed by atoms with Crippen LogP contribution in [-0.2, 0) is 0 Å². The van der Waals surface area contributed by atoms with Gasteiger partial charge in [0.05, 0.1) is 5.60 Å². The summed E-state index contributed by atoms with van der Waals surface area (Å²) in [5.74, 6) is 0. The highest BCUT2D eigenvalue weighted by atomic mass is 35.5. The van der Waals surface area contributed by atoms with E-state index >= 15 is 0 Å². The highest BCUT2D eigenvalue weighted by Gasteiger charge is 2.33. The van der Waals surface area contributed by atoms with Crippen molar-refractivity contribution >= 4 is 12.4 Å². The molecule has 2 nitrogen and oxygen atoms in total. The Bertz CT molecular complexity index is 95.1. The molecular weight excluding hydrogens is 138 g/mol. The lowest BCUT2D eigenvalue weighted by Crippen LogP contribution is -2.40. The van der Waals surface area contributed by atoms with Crippen molar-refractivity contribution in [3.05, 3.63) is 0 Å². The van der Waals surface area contributed by atoms with Crippen LogP contribution in [0.5, 0.6) is 0 Å². The zero-order valence-corrected chi connectivity index (χ0v) is 6.45. The van der Waals surface area contributed by atoms with Crippen molar-refractivity contribution in [1.82, 2.24) is 0 Å². The van der Waals surface area contributed by atoms with E-state index in [0.29, 0.717) is 0 Å². The monoisotopic (exact) mass is 151 g/mol. The molecule has 0 spiro atoms. The first-order valence-electron chi connectivity index (χ1n) is 3.11. The van der Waals surface area contributed by atoms with Crippen LogP contribution < -0.4 is 5.73 Å². The molecule has 3 N–H and O–H groups in total. The summed E-state index contributed by atoms with van der Waals surface area (Å²) in [5.41, 5.74) is 4.99. The predicted octanol–water partition coefficient (Wildman–Crippen LogP) is 0.670. The molecule has 0 aliphatic heterocycles. The SMILES string of the molecule is C[C@]1(O)CCC[C@@H]1N.Cl. The van der Waals surface area contributed by atoms with E-state index in [1.54, 1.807) is 0 Å². The third kappa shape index (κ3) is 1.81. The molecule has 0 amide bonds. The molecule has 56 valence electrons. The second kappa shape index (κ2) is 2.86. The largest absolute Gasteiger partial charge is 0.389 e. The number of rotatable bonds is 0. The zero-order chi connectivity index (χ0) is 6.20. The Morgan fingerprint density at radius 2 is 2.22 bits per heavy atom. The van der Waals surface area contributed by atoms with Crippen LogP contribution in [0.25, 0.3) is 0 Å². The van der Waals surface area contributed by atoms with Crippen molar-refractivity contribution < 1.29 is 5.11 Å². The second-order valence-electron chi connectivity index (χ2n) is 2.86. The summed E-state index contributed by atoms with van der Waals surface area (Å²) in [6.07, 6.45) is 2.93. The van der Waals surface area contributed by atoms with Gasteiger partial charge in [0.25, 0.3) is 0 Å². The Labute approximate surface area is 61.8 Å². The van der Waals surface area contributed by atoms with Gasteiger partial charge in [0.1, 0.15) is 0 Å². The van der Waals surface area contributed by atoms with Crippen LogP contribution in [0.2, 0.25) is 0 Å². The summed E-state index contributed by atoms with van der Waals surface area (Å²) in [6, 6.07) is 0.0162. The molecule has 3 heteroatoms. The summed E-state index contributed by atoms with van der Waals surface area (Å²) in [7, 11) is 0. The maximum Gasteiger partial charge on any atom is 0.0769 e. The van der Waals surface area contributed by atoms with Crippen LogP contribution in [0, 0.1) is 0 Å². The Balaban J connectivity index is 0.000000640. The molecule has 0 saturated heterocycles. The Morgan fingerprint density at radius 3 is 2.33 bits per heavy atom. The molecule has 0 aromatic heterocycles. The van der Waals surface area contributed by atoms with Crippen molar-refractivity contribution in [3.8, 4) is 0 Å². The number of hydrogen-bond donors (Lipinski definition) is 2. The van der Waals surface area contributed by atoms with Crippen LogP contribution in [0.1, 0.15) is 26.2 Å². The first-order valence-corrected chi connectivity index (χ1v) is 3.11. The number of halogens is 1. The summed E-state index contributed by atoms with van der Waals surface area (Å²) in [4.78, 5) is 0. The highest BCUT2D eigenvalue weighted by molar-refractivity contribution is 5.85. The molecule has 0 aromatic rings. The molecular formula is C6H14ClNO. The van der Waals surface area contributed by atoms with Crippen molar-refractivity contribution in [3.63, 3.8) is 0 Å². The van der Waals surface area contributed by atoms with E-state index < -0.39 is 5.60 Å². The molecule has 0 aromatic carbocycles. The van der Waals surface area contributed by atoms with E-state index in [9.17, 15) is 5.11 Å². The quantitative estimate of drug-likeness (QED) is 0.535. The minimum absolute atomic E-state index is 0. The molecule has 1 aliphatic carbocycles. The van der Waals surface area contributed by atoms with E-state index in [4.69, 9.17) is 5.73 Å². The lowest BCUT2D eigenvalue weighted by molar-refractivity contribution is 0.0518. The molecule has 0 unspecified atom stereocenters. The number of aliphatic hydroxyl groups is 1. The molecule has 0 radical (unpaired) electrons. The van der Waals surface area contributed by atoms with Crippen LogP contribution in [-0.4, -0.2) is 16.7 Å². The zero-order valence-electron chi connectivity index (χ0n) is 5.63. The first kappa shape index (κ1) is 9.21. The fourth-order valence-corrected chi connectivity index (χ4v) is 1.18. The van der Waals surface area contributed by atoms with Crippen LogP contribution in [0.15, 0.2) is 0 Å². The Morgan fingerprint density at radius 1 is 1.67 bits per heavy atom. The third-order valence-electron chi connectivity index (χ3n) is 2.00. The molecule has 1 rings (SSSR count). The van der Waals surface area contributed by atoms with E-state index in [1.165, 1.54) is 0 Å². The molecule has 1 aliphatic rings. The van der Waals surface area contributed by atoms with Gasteiger partial charge in [-0.1, -0.05) is 0 Å². The fourth-order valence-electron chi connectivity index (χ4n) is 1.18.